The van der Waals surface area contributed by atoms with E-state index < -0.39 is 5.97 Å². The summed E-state index contributed by atoms with van der Waals surface area (Å²) in [4.78, 5) is 25.0. The molecule has 2 aromatic carbocycles. The number of rotatable bonds is 9. The van der Waals surface area contributed by atoms with E-state index in [1.165, 1.54) is 5.56 Å². The van der Waals surface area contributed by atoms with E-state index in [0.717, 1.165) is 12.1 Å². The Morgan fingerprint density at radius 1 is 0.833 bits per heavy atom. The highest BCUT2D eigenvalue weighted by atomic mass is 16.4. The zero-order chi connectivity index (χ0) is 17.2. The summed E-state index contributed by atoms with van der Waals surface area (Å²) in [5.74, 6) is -0.769. The van der Waals surface area contributed by atoms with Gasteiger partial charge in [0.05, 0.1) is 0 Å². The van der Waals surface area contributed by atoms with Crippen LogP contribution in [-0.4, -0.2) is 23.5 Å². The minimum absolute atomic E-state index is 0.0440. The van der Waals surface area contributed by atoms with E-state index in [1.807, 2.05) is 48.5 Å². The smallest absolute Gasteiger partial charge is 0.303 e. The molecular formula is C20H23NO3. The second-order valence-corrected chi connectivity index (χ2v) is 5.72. The molecule has 0 bridgehead atoms. The number of carbonyl (C=O) groups excluding carboxylic acids is 1. The maximum absolute atomic E-state index is 12.6. The Hall–Kier alpha value is -2.62. The summed E-state index contributed by atoms with van der Waals surface area (Å²) in [5.41, 5.74) is 2.08. The summed E-state index contributed by atoms with van der Waals surface area (Å²) in [6.07, 6.45) is 2.40. The third kappa shape index (κ3) is 5.88. The number of hydrogen-bond donors (Lipinski definition) is 1. The van der Waals surface area contributed by atoms with Gasteiger partial charge in [0.15, 0.2) is 0 Å². The summed E-state index contributed by atoms with van der Waals surface area (Å²) in [5, 5.41) is 8.68. The molecule has 126 valence electrons. The topological polar surface area (TPSA) is 57.6 Å². The van der Waals surface area contributed by atoms with Crippen LogP contribution in [0.5, 0.6) is 0 Å². The molecule has 2 aromatic rings. The lowest BCUT2D eigenvalue weighted by atomic mass is 10.1. The number of anilines is 1. The Morgan fingerprint density at radius 3 is 2.04 bits per heavy atom. The summed E-state index contributed by atoms with van der Waals surface area (Å²) < 4.78 is 0. The van der Waals surface area contributed by atoms with E-state index in [-0.39, 0.29) is 12.3 Å². The molecular weight excluding hydrogens is 302 g/mol. The molecule has 0 heterocycles. The van der Waals surface area contributed by atoms with Gasteiger partial charge in [0.2, 0.25) is 5.91 Å². The SMILES string of the molecule is O=C(O)CCCCC(=O)N(CCc1ccccc1)c1ccccc1. The quantitative estimate of drug-likeness (QED) is 0.711. The minimum atomic E-state index is -0.813. The first kappa shape index (κ1) is 17.7. The summed E-state index contributed by atoms with van der Waals surface area (Å²) in [6.45, 7) is 0.617. The van der Waals surface area contributed by atoms with Crippen molar-refractivity contribution in [2.24, 2.45) is 0 Å². The van der Waals surface area contributed by atoms with E-state index in [4.69, 9.17) is 5.11 Å². The average Bonchev–Trinajstić information content (AvgIpc) is 2.60. The molecule has 0 aliphatic rings. The van der Waals surface area contributed by atoms with Crippen molar-refractivity contribution in [2.75, 3.05) is 11.4 Å². The van der Waals surface area contributed by atoms with Crippen LogP contribution in [-0.2, 0) is 16.0 Å². The Labute approximate surface area is 142 Å². The summed E-state index contributed by atoms with van der Waals surface area (Å²) in [7, 11) is 0. The largest absolute Gasteiger partial charge is 0.481 e. The number of carbonyl (C=O) groups is 2. The van der Waals surface area contributed by atoms with Crippen molar-refractivity contribution in [3.63, 3.8) is 0 Å². The van der Waals surface area contributed by atoms with Crippen molar-refractivity contribution in [1.82, 2.24) is 0 Å². The van der Waals surface area contributed by atoms with Crippen LogP contribution in [0.2, 0.25) is 0 Å². The van der Waals surface area contributed by atoms with Gasteiger partial charge in [-0.1, -0.05) is 48.5 Å². The lowest BCUT2D eigenvalue weighted by molar-refractivity contribution is -0.137. The third-order valence-electron chi connectivity index (χ3n) is 3.87. The number of para-hydroxylation sites is 1. The first-order chi connectivity index (χ1) is 11.7. The molecule has 0 fully saturated rings. The van der Waals surface area contributed by atoms with Crippen LogP contribution in [0.15, 0.2) is 60.7 Å². The molecule has 4 nitrogen and oxygen atoms in total. The van der Waals surface area contributed by atoms with E-state index in [2.05, 4.69) is 12.1 Å². The molecule has 24 heavy (non-hydrogen) atoms. The van der Waals surface area contributed by atoms with Gasteiger partial charge in [-0.2, -0.15) is 0 Å². The number of nitrogens with zero attached hydrogens (tertiary/aromatic N) is 1. The van der Waals surface area contributed by atoms with Crippen molar-refractivity contribution in [3.05, 3.63) is 66.2 Å². The van der Waals surface area contributed by atoms with Crippen LogP contribution in [0.1, 0.15) is 31.2 Å². The van der Waals surface area contributed by atoms with Crippen molar-refractivity contribution in [2.45, 2.75) is 32.1 Å². The molecule has 2 rings (SSSR count). The monoisotopic (exact) mass is 325 g/mol. The highest BCUT2D eigenvalue weighted by Crippen LogP contribution is 2.17. The van der Waals surface area contributed by atoms with Crippen LogP contribution < -0.4 is 4.90 Å². The summed E-state index contributed by atoms with van der Waals surface area (Å²) in [6, 6.07) is 19.7. The fourth-order valence-electron chi connectivity index (χ4n) is 2.58. The number of unbranched alkanes of at least 4 members (excludes halogenated alkanes) is 1. The Balaban J connectivity index is 1.97. The molecule has 1 amide bonds. The lowest BCUT2D eigenvalue weighted by Gasteiger charge is -2.23. The fourth-order valence-corrected chi connectivity index (χ4v) is 2.58. The summed E-state index contributed by atoms with van der Waals surface area (Å²) >= 11 is 0. The normalized spacial score (nSPS) is 10.3. The van der Waals surface area contributed by atoms with E-state index in [0.29, 0.717) is 25.8 Å². The predicted octanol–water partition coefficient (Wildman–Crippen LogP) is 3.91. The van der Waals surface area contributed by atoms with Gasteiger partial charge in [0.1, 0.15) is 0 Å². The number of aliphatic carboxylic acids is 1. The first-order valence-corrected chi connectivity index (χ1v) is 8.28. The lowest BCUT2D eigenvalue weighted by Crippen LogP contribution is -2.32. The van der Waals surface area contributed by atoms with Gasteiger partial charge in [-0.05, 0) is 37.0 Å². The van der Waals surface area contributed by atoms with Gasteiger partial charge in [0, 0.05) is 25.1 Å². The third-order valence-corrected chi connectivity index (χ3v) is 3.87. The number of benzene rings is 2. The number of carboxylic acids is 1. The van der Waals surface area contributed by atoms with Crippen LogP contribution in [0.4, 0.5) is 5.69 Å². The van der Waals surface area contributed by atoms with Gasteiger partial charge < -0.3 is 10.0 Å². The number of amides is 1. The Morgan fingerprint density at radius 2 is 1.42 bits per heavy atom. The standard InChI is InChI=1S/C20H23NO3/c22-19(13-7-8-14-20(23)24)21(18-11-5-2-6-12-18)16-15-17-9-3-1-4-10-17/h1-6,9-12H,7-8,13-16H2,(H,23,24). The maximum Gasteiger partial charge on any atom is 0.303 e. The molecule has 0 saturated carbocycles. The molecule has 0 saturated heterocycles. The average molecular weight is 325 g/mol. The Kier molecular flexibility index (Phi) is 7.02. The molecule has 0 radical (unpaired) electrons. The Bertz CT molecular complexity index is 640. The van der Waals surface area contributed by atoms with Gasteiger partial charge in [-0.3, -0.25) is 9.59 Å². The van der Waals surface area contributed by atoms with Crippen LogP contribution in [0.3, 0.4) is 0 Å². The highest BCUT2D eigenvalue weighted by molar-refractivity contribution is 5.93. The van der Waals surface area contributed by atoms with Gasteiger partial charge >= 0.3 is 5.97 Å². The van der Waals surface area contributed by atoms with E-state index in [9.17, 15) is 9.59 Å². The van der Waals surface area contributed by atoms with Crippen molar-refractivity contribution in [3.8, 4) is 0 Å². The van der Waals surface area contributed by atoms with Gasteiger partial charge in [-0.15, -0.1) is 0 Å². The van der Waals surface area contributed by atoms with E-state index in [1.54, 1.807) is 4.90 Å². The molecule has 4 heteroatoms. The molecule has 0 aliphatic heterocycles. The van der Waals surface area contributed by atoms with Crippen molar-refractivity contribution < 1.29 is 14.7 Å². The molecule has 0 unspecified atom stereocenters. The zero-order valence-corrected chi connectivity index (χ0v) is 13.7. The van der Waals surface area contributed by atoms with Crippen molar-refractivity contribution >= 4 is 17.6 Å². The van der Waals surface area contributed by atoms with Gasteiger partial charge in [0.25, 0.3) is 0 Å². The second-order valence-electron chi connectivity index (χ2n) is 5.72. The molecule has 0 spiro atoms. The molecule has 1 N–H and O–H groups in total. The maximum atomic E-state index is 12.6. The van der Waals surface area contributed by atoms with Crippen molar-refractivity contribution in [1.29, 1.82) is 0 Å². The number of carboxylic acid groups (broad SMARTS) is 1. The minimum Gasteiger partial charge on any atom is -0.481 e. The number of hydrogen-bond acceptors (Lipinski definition) is 2. The molecule has 0 aliphatic carbocycles. The van der Waals surface area contributed by atoms with Gasteiger partial charge in [-0.25, -0.2) is 0 Å². The highest BCUT2D eigenvalue weighted by Gasteiger charge is 2.15. The second kappa shape index (κ2) is 9.50. The molecule has 0 atom stereocenters. The zero-order valence-electron chi connectivity index (χ0n) is 13.7. The van der Waals surface area contributed by atoms with Crippen LogP contribution >= 0.6 is 0 Å². The predicted molar refractivity (Wildman–Crippen MR) is 95.0 cm³/mol. The fraction of sp³-hybridized carbons (Fsp3) is 0.300. The first-order valence-electron chi connectivity index (χ1n) is 8.28. The van der Waals surface area contributed by atoms with Crippen LogP contribution in [0, 0.1) is 0 Å². The molecule has 0 aromatic heterocycles. The van der Waals surface area contributed by atoms with E-state index >= 15 is 0 Å². The van der Waals surface area contributed by atoms with Crippen LogP contribution in [0.25, 0.3) is 0 Å².